The SMILES string of the molecule is CC(C)C(C)OC(C)C(C)C.OCCO. The summed E-state index contributed by atoms with van der Waals surface area (Å²) in [5, 5.41) is 15.2. The van der Waals surface area contributed by atoms with E-state index < -0.39 is 0 Å². The molecule has 0 heterocycles. The van der Waals surface area contributed by atoms with Gasteiger partial charge < -0.3 is 14.9 Å². The number of aliphatic hydroxyl groups excluding tert-OH is 2. The lowest BCUT2D eigenvalue weighted by Gasteiger charge is -2.24. The van der Waals surface area contributed by atoms with E-state index in [1.165, 1.54) is 0 Å². The predicted molar refractivity (Wildman–Crippen MR) is 63.9 cm³/mol. The molecule has 2 atom stereocenters. The molecule has 0 radical (unpaired) electrons. The van der Waals surface area contributed by atoms with Crippen LogP contribution in [0.15, 0.2) is 0 Å². The van der Waals surface area contributed by atoms with E-state index in [0.29, 0.717) is 24.0 Å². The van der Waals surface area contributed by atoms with E-state index in [1.54, 1.807) is 0 Å². The molecule has 0 bridgehead atoms. The van der Waals surface area contributed by atoms with Crippen molar-refractivity contribution in [2.75, 3.05) is 13.2 Å². The summed E-state index contributed by atoms with van der Waals surface area (Å²) in [7, 11) is 0. The van der Waals surface area contributed by atoms with Crippen molar-refractivity contribution in [3.63, 3.8) is 0 Å². The van der Waals surface area contributed by atoms with Gasteiger partial charge in [0.05, 0.1) is 25.4 Å². The van der Waals surface area contributed by atoms with Gasteiger partial charge in [-0.25, -0.2) is 0 Å². The van der Waals surface area contributed by atoms with Gasteiger partial charge in [0.2, 0.25) is 0 Å². The Hall–Kier alpha value is -0.120. The molecule has 0 aromatic rings. The summed E-state index contributed by atoms with van der Waals surface area (Å²) < 4.78 is 5.77. The van der Waals surface area contributed by atoms with Gasteiger partial charge in [0.25, 0.3) is 0 Å². The first-order chi connectivity index (χ1) is 6.86. The highest BCUT2D eigenvalue weighted by atomic mass is 16.5. The van der Waals surface area contributed by atoms with Crippen LogP contribution >= 0.6 is 0 Å². The molecule has 2 N–H and O–H groups in total. The molecule has 0 saturated heterocycles. The molecule has 0 aliphatic carbocycles. The largest absolute Gasteiger partial charge is 0.394 e. The Kier molecular flexibility index (Phi) is 12.0. The monoisotopic (exact) mass is 220 g/mol. The molecule has 0 saturated carbocycles. The molecule has 0 aliphatic heterocycles. The molecule has 2 unspecified atom stereocenters. The fraction of sp³-hybridized carbons (Fsp3) is 1.00. The first kappa shape index (κ1) is 17.3. The zero-order valence-corrected chi connectivity index (χ0v) is 11.0. The quantitative estimate of drug-likeness (QED) is 0.745. The second-order valence-electron chi connectivity index (χ2n) is 4.48. The highest BCUT2D eigenvalue weighted by Crippen LogP contribution is 2.13. The maximum Gasteiger partial charge on any atom is 0.0662 e. The number of ether oxygens (including phenoxy) is 1. The third-order valence-electron chi connectivity index (χ3n) is 2.41. The van der Waals surface area contributed by atoms with E-state index in [9.17, 15) is 0 Å². The average Bonchev–Trinajstić information content (AvgIpc) is 2.17. The number of rotatable bonds is 5. The van der Waals surface area contributed by atoms with Gasteiger partial charge in [0, 0.05) is 0 Å². The Morgan fingerprint density at radius 1 is 0.733 bits per heavy atom. The lowest BCUT2D eigenvalue weighted by atomic mass is 10.1. The number of hydrogen-bond acceptors (Lipinski definition) is 3. The highest BCUT2D eigenvalue weighted by molar-refractivity contribution is 4.61. The molecule has 3 heteroatoms. The van der Waals surface area contributed by atoms with Gasteiger partial charge in [-0.1, -0.05) is 27.7 Å². The topological polar surface area (TPSA) is 49.7 Å². The molecule has 0 aromatic carbocycles. The first-order valence-corrected chi connectivity index (χ1v) is 5.73. The molecule has 94 valence electrons. The maximum atomic E-state index is 7.62. The Bertz CT molecular complexity index is 110. The molecule has 3 nitrogen and oxygen atoms in total. The Balaban J connectivity index is 0. The van der Waals surface area contributed by atoms with E-state index in [-0.39, 0.29) is 13.2 Å². The van der Waals surface area contributed by atoms with E-state index in [2.05, 4.69) is 41.5 Å². The molecule has 0 amide bonds. The lowest BCUT2D eigenvalue weighted by molar-refractivity contribution is -0.0368. The van der Waals surface area contributed by atoms with Crippen LogP contribution in [0, 0.1) is 11.8 Å². The summed E-state index contributed by atoms with van der Waals surface area (Å²) in [6, 6.07) is 0. The Morgan fingerprint density at radius 3 is 1.13 bits per heavy atom. The normalized spacial score (nSPS) is 14.8. The summed E-state index contributed by atoms with van der Waals surface area (Å²) in [6.45, 7) is 12.8. The van der Waals surface area contributed by atoms with Crippen LogP contribution < -0.4 is 0 Å². The van der Waals surface area contributed by atoms with Gasteiger partial charge in [0.1, 0.15) is 0 Å². The minimum atomic E-state index is -0.125. The molecule has 15 heavy (non-hydrogen) atoms. The molecule has 0 rings (SSSR count). The van der Waals surface area contributed by atoms with Crippen LogP contribution in [0.25, 0.3) is 0 Å². The van der Waals surface area contributed by atoms with E-state index in [1.807, 2.05) is 0 Å². The first-order valence-electron chi connectivity index (χ1n) is 5.73. The minimum absolute atomic E-state index is 0.125. The molecular weight excluding hydrogens is 192 g/mol. The standard InChI is InChI=1S/C10H22O.C2H6O2/c1-7(2)9(5)11-10(6)8(3)4;3-1-2-4/h7-10H,1-6H3;3-4H,1-2H2. The van der Waals surface area contributed by atoms with Crippen molar-refractivity contribution in [2.45, 2.75) is 53.8 Å². The van der Waals surface area contributed by atoms with Gasteiger partial charge in [0.15, 0.2) is 0 Å². The van der Waals surface area contributed by atoms with Crippen LogP contribution in [0.5, 0.6) is 0 Å². The predicted octanol–water partition coefficient (Wildman–Crippen LogP) is 2.06. The van der Waals surface area contributed by atoms with Crippen LogP contribution in [0.2, 0.25) is 0 Å². The van der Waals surface area contributed by atoms with Crippen molar-refractivity contribution in [1.82, 2.24) is 0 Å². The van der Waals surface area contributed by atoms with Crippen LogP contribution in [0.1, 0.15) is 41.5 Å². The summed E-state index contributed by atoms with van der Waals surface area (Å²) in [6.07, 6.45) is 0.764. The highest BCUT2D eigenvalue weighted by Gasteiger charge is 2.13. The minimum Gasteiger partial charge on any atom is -0.394 e. The van der Waals surface area contributed by atoms with E-state index in [0.717, 1.165) is 0 Å². The average molecular weight is 220 g/mol. The van der Waals surface area contributed by atoms with Crippen LogP contribution in [0.4, 0.5) is 0 Å². The van der Waals surface area contributed by atoms with Gasteiger partial charge >= 0.3 is 0 Å². The van der Waals surface area contributed by atoms with Gasteiger partial charge in [-0.3, -0.25) is 0 Å². The Morgan fingerprint density at radius 2 is 1.00 bits per heavy atom. The van der Waals surface area contributed by atoms with Crippen molar-refractivity contribution >= 4 is 0 Å². The summed E-state index contributed by atoms with van der Waals surface area (Å²) in [4.78, 5) is 0. The lowest BCUT2D eigenvalue weighted by Crippen LogP contribution is -2.25. The smallest absolute Gasteiger partial charge is 0.0662 e. The van der Waals surface area contributed by atoms with Crippen LogP contribution in [-0.2, 0) is 4.74 Å². The molecule has 0 spiro atoms. The van der Waals surface area contributed by atoms with Gasteiger partial charge in [-0.2, -0.15) is 0 Å². The third-order valence-corrected chi connectivity index (χ3v) is 2.41. The summed E-state index contributed by atoms with van der Waals surface area (Å²) in [5.74, 6) is 1.24. The van der Waals surface area contributed by atoms with Crippen LogP contribution in [0.3, 0.4) is 0 Å². The van der Waals surface area contributed by atoms with Crippen LogP contribution in [-0.4, -0.2) is 35.6 Å². The zero-order valence-electron chi connectivity index (χ0n) is 11.0. The summed E-state index contributed by atoms with van der Waals surface area (Å²) >= 11 is 0. The second-order valence-corrected chi connectivity index (χ2v) is 4.48. The molecule has 0 aliphatic rings. The number of hydrogen-bond donors (Lipinski definition) is 2. The fourth-order valence-corrected chi connectivity index (χ4v) is 0.653. The van der Waals surface area contributed by atoms with E-state index in [4.69, 9.17) is 14.9 Å². The maximum absolute atomic E-state index is 7.62. The van der Waals surface area contributed by atoms with Crippen molar-refractivity contribution in [1.29, 1.82) is 0 Å². The fourth-order valence-electron chi connectivity index (χ4n) is 0.653. The van der Waals surface area contributed by atoms with Crippen molar-refractivity contribution < 1.29 is 14.9 Å². The molecular formula is C12H28O3. The van der Waals surface area contributed by atoms with Crippen molar-refractivity contribution in [2.24, 2.45) is 11.8 Å². The third kappa shape index (κ3) is 11.8. The van der Waals surface area contributed by atoms with E-state index >= 15 is 0 Å². The molecule has 0 fully saturated rings. The van der Waals surface area contributed by atoms with Crippen molar-refractivity contribution in [3.05, 3.63) is 0 Å². The molecule has 0 aromatic heterocycles. The Labute approximate surface area is 94.5 Å². The summed E-state index contributed by atoms with van der Waals surface area (Å²) in [5.41, 5.74) is 0. The van der Waals surface area contributed by atoms with Gasteiger partial charge in [-0.05, 0) is 25.7 Å². The second kappa shape index (κ2) is 10.4. The number of aliphatic hydroxyl groups is 2. The zero-order chi connectivity index (χ0) is 12.4. The van der Waals surface area contributed by atoms with Crippen molar-refractivity contribution in [3.8, 4) is 0 Å². The van der Waals surface area contributed by atoms with Gasteiger partial charge in [-0.15, -0.1) is 0 Å².